The van der Waals surface area contributed by atoms with Gasteiger partial charge in [-0.25, -0.2) is 0 Å². The lowest BCUT2D eigenvalue weighted by molar-refractivity contribution is 0.332. The molecule has 0 spiro atoms. The van der Waals surface area contributed by atoms with Gasteiger partial charge in [0.2, 0.25) is 0 Å². The fourth-order valence-electron chi connectivity index (χ4n) is 1.81. The molecule has 1 unspecified atom stereocenters. The summed E-state index contributed by atoms with van der Waals surface area (Å²) in [5, 5.41) is 5.00. The number of aryl methyl sites for hydroxylation is 1. The Hall–Kier alpha value is -0.810. The molecule has 5 heteroatoms. The summed E-state index contributed by atoms with van der Waals surface area (Å²) >= 11 is 0. The first kappa shape index (κ1) is 10.7. The monoisotopic (exact) mass is 227 g/mol. The van der Waals surface area contributed by atoms with Gasteiger partial charge in [0.1, 0.15) is 5.03 Å². The summed E-state index contributed by atoms with van der Waals surface area (Å²) in [5.41, 5.74) is 1.14. The van der Waals surface area contributed by atoms with E-state index < -0.39 is 9.52 Å². The van der Waals surface area contributed by atoms with E-state index in [4.69, 9.17) is 0 Å². The smallest absolute Gasteiger partial charge is 0.141 e. The molecular weight excluding hydrogens is 210 g/mol. The highest BCUT2D eigenvalue weighted by Crippen LogP contribution is 2.15. The fourth-order valence-corrected chi connectivity index (χ4v) is 2.46. The van der Waals surface area contributed by atoms with Crippen molar-refractivity contribution >= 4 is 15.4 Å². The van der Waals surface area contributed by atoms with Crippen molar-refractivity contribution in [2.45, 2.75) is 24.5 Å². The van der Waals surface area contributed by atoms with Crippen molar-refractivity contribution in [1.82, 2.24) is 14.7 Å². The molecular formula is C10H17N3OS. The molecule has 0 bridgehead atoms. The van der Waals surface area contributed by atoms with Crippen LogP contribution >= 0.6 is 0 Å². The molecule has 0 radical (unpaired) electrons. The molecule has 0 N–H and O–H groups in total. The summed E-state index contributed by atoms with van der Waals surface area (Å²) in [6.45, 7) is 2.88. The number of hydrogen-bond donors (Lipinski definition) is 0. The van der Waals surface area contributed by atoms with Crippen LogP contribution in [0.5, 0.6) is 0 Å². The van der Waals surface area contributed by atoms with Crippen LogP contribution in [0.15, 0.2) is 11.1 Å². The minimum Gasteiger partial charge on any atom is -0.300 e. The zero-order chi connectivity index (χ0) is 11.1. The lowest BCUT2D eigenvalue weighted by Crippen LogP contribution is -2.17. The molecule has 0 saturated heterocycles. The molecule has 1 aromatic rings. The Bertz CT molecular complexity index is 461. The Kier molecular flexibility index (Phi) is 2.60. The van der Waals surface area contributed by atoms with Gasteiger partial charge in [-0.3, -0.25) is 8.89 Å². The van der Waals surface area contributed by atoms with Gasteiger partial charge in [0, 0.05) is 35.4 Å². The minimum absolute atomic E-state index is 0.632. The molecule has 0 fully saturated rings. The largest absolute Gasteiger partial charge is 0.300 e. The molecule has 0 amide bonds. The standard InChI is InChI=1S/C10H17N3OS/c1-12-5-4-6-13-9(8-12)7-10(11-13)15(2,3)14/h7H,2,4-6,8H2,1,3H3. The van der Waals surface area contributed by atoms with Gasteiger partial charge in [-0.2, -0.15) is 5.10 Å². The number of hydrogen-bond acceptors (Lipinski definition) is 3. The van der Waals surface area contributed by atoms with Crippen LogP contribution in [0.2, 0.25) is 0 Å². The Labute approximate surface area is 90.9 Å². The predicted molar refractivity (Wildman–Crippen MR) is 62.6 cm³/mol. The lowest BCUT2D eigenvalue weighted by atomic mass is 10.4. The molecule has 0 saturated carbocycles. The first-order valence-corrected chi connectivity index (χ1v) is 7.18. The maximum atomic E-state index is 11.8. The van der Waals surface area contributed by atoms with Crippen LogP contribution in [0, 0.1) is 0 Å². The molecule has 2 rings (SSSR count). The maximum absolute atomic E-state index is 11.8. The van der Waals surface area contributed by atoms with Gasteiger partial charge in [0.25, 0.3) is 0 Å². The van der Waals surface area contributed by atoms with Crippen LogP contribution in [-0.4, -0.2) is 44.6 Å². The third-order valence-electron chi connectivity index (χ3n) is 2.62. The summed E-state index contributed by atoms with van der Waals surface area (Å²) in [7, 11) is -0.0837. The Balaban J connectivity index is 2.40. The second-order valence-corrected chi connectivity index (χ2v) is 6.72. The Morgan fingerprint density at radius 1 is 1.53 bits per heavy atom. The molecule has 4 nitrogen and oxygen atoms in total. The van der Waals surface area contributed by atoms with Gasteiger partial charge in [0.15, 0.2) is 0 Å². The Morgan fingerprint density at radius 2 is 2.27 bits per heavy atom. The van der Waals surface area contributed by atoms with Gasteiger partial charge in [-0.1, -0.05) is 0 Å². The topological polar surface area (TPSA) is 38.1 Å². The van der Waals surface area contributed by atoms with Crippen molar-refractivity contribution in [2.24, 2.45) is 0 Å². The van der Waals surface area contributed by atoms with E-state index in [0.29, 0.717) is 5.03 Å². The van der Waals surface area contributed by atoms with Gasteiger partial charge in [0.05, 0.1) is 5.69 Å². The molecule has 1 aliphatic heterocycles. The van der Waals surface area contributed by atoms with E-state index in [1.165, 1.54) is 0 Å². The molecule has 84 valence electrons. The van der Waals surface area contributed by atoms with Gasteiger partial charge < -0.3 is 4.90 Å². The second-order valence-electron chi connectivity index (χ2n) is 4.29. The summed E-state index contributed by atoms with van der Waals surface area (Å²) in [4.78, 5) is 2.25. The van der Waals surface area contributed by atoms with E-state index in [0.717, 1.165) is 31.7 Å². The average molecular weight is 227 g/mol. The Morgan fingerprint density at radius 3 is 2.93 bits per heavy atom. The zero-order valence-electron chi connectivity index (χ0n) is 9.27. The highest BCUT2D eigenvalue weighted by molar-refractivity contribution is 7.99. The average Bonchev–Trinajstić information content (AvgIpc) is 2.41. The molecule has 0 aliphatic carbocycles. The first-order chi connectivity index (χ1) is 6.97. The van der Waals surface area contributed by atoms with Crippen LogP contribution < -0.4 is 0 Å². The van der Waals surface area contributed by atoms with Crippen molar-refractivity contribution in [2.75, 3.05) is 19.8 Å². The van der Waals surface area contributed by atoms with E-state index in [-0.39, 0.29) is 0 Å². The number of nitrogens with zero attached hydrogens (tertiary/aromatic N) is 3. The summed E-state index contributed by atoms with van der Waals surface area (Å²) < 4.78 is 13.7. The quantitative estimate of drug-likeness (QED) is 0.653. The van der Waals surface area contributed by atoms with E-state index >= 15 is 0 Å². The normalized spacial score (nSPS) is 21.7. The number of aromatic nitrogens is 2. The summed E-state index contributed by atoms with van der Waals surface area (Å²) in [5.74, 6) is 3.66. The van der Waals surface area contributed by atoms with Crippen molar-refractivity contribution in [3.05, 3.63) is 11.8 Å². The van der Waals surface area contributed by atoms with Gasteiger partial charge in [-0.15, -0.1) is 0 Å². The van der Waals surface area contributed by atoms with E-state index in [2.05, 4.69) is 22.9 Å². The molecule has 1 aromatic heterocycles. The van der Waals surface area contributed by atoms with Crippen molar-refractivity contribution < 1.29 is 4.21 Å². The van der Waals surface area contributed by atoms with E-state index in [1.54, 1.807) is 6.26 Å². The highest BCUT2D eigenvalue weighted by atomic mass is 32.2. The van der Waals surface area contributed by atoms with Crippen LogP contribution in [-0.2, 0) is 22.6 Å². The molecule has 2 heterocycles. The summed E-state index contributed by atoms with van der Waals surface area (Å²) in [6.07, 6.45) is 2.73. The van der Waals surface area contributed by atoms with Crippen LogP contribution in [0.3, 0.4) is 0 Å². The predicted octanol–water partition coefficient (Wildman–Crippen LogP) is 0.424. The van der Waals surface area contributed by atoms with E-state index in [9.17, 15) is 4.21 Å². The SMILES string of the molecule is C=S(C)(=O)c1cc2n(n1)CCCN(C)C2. The van der Waals surface area contributed by atoms with Crippen molar-refractivity contribution in [3.63, 3.8) is 0 Å². The van der Waals surface area contributed by atoms with Gasteiger partial charge in [-0.05, 0) is 25.4 Å². The van der Waals surface area contributed by atoms with E-state index in [1.807, 2.05) is 10.7 Å². The van der Waals surface area contributed by atoms with Crippen LogP contribution in [0.1, 0.15) is 12.1 Å². The van der Waals surface area contributed by atoms with Crippen LogP contribution in [0.25, 0.3) is 0 Å². The fraction of sp³-hybridized carbons (Fsp3) is 0.600. The van der Waals surface area contributed by atoms with Crippen molar-refractivity contribution in [1.29, 1.82) is 0 Å². The minimum atomic E-state index is -2.18. The molecule has 1 aliphatic rings. The van der Waals surface area contributed by atoms with Crippen LogP contribution in [0.4, 0.5) is 0 Å². The first-order valence-electron chi connectivity index (χ1n) is 5.04. The second kappa shape index (κ2) is 3.64. The zero-order valence-corrected chi connectivity index (χ0v) is 10.1. The van der Waals surface area contributed by atoms with Gasteiger partial charge >= 0.3 is 0 Å². The third kappa shape index (κ3) is 2.23. The number of rotatable bonds is 1. The maximum Gasteiger partial charge on any atom is 0.141 e. The summed E-state index contributed by atoms with van der Waals surface area (Å²) in [6, 6.07) is 1.93. The number of fused-ring (bicyclic) bond motifs is 1. The third-order valence-corrected chi connectivity index (χ3v) is 3.71. The van der Waals surface area contributed by atoms with Crippen molar-refractivity contribution in [3.8, 4) is 0 Å². The lowest BCUT2D eigenvalue weighted by Gasteiger charge is -2.10. The highest BCUT2D eigenvalue weighted by Gasteiger charge is 2.16. The molecule has 15 heavy (non-hydrogen) atoms. The molecule has 1 atom stereocenters. The molecule has 0 aromatic carbocycles.